The van der Waals surface area contributed by atoms with Crippen LogP contribution in [0.1, 0.15) is 5.56 Å². The summed E-state index contributed by atoms with van der Waals surface area (Å²) in [6.07, 6.45) is 3.37. The number of hydrogen-bond acceptors (Lipinski definition) is 4. The van der Waals surface area contributed by atoms with Crippen molar-refractivity contribution in [3.63, 3.8) is 0 Å². The van der Waals surface area contributed by atoms with Crippen molar-refractivity contribution < 1.29 is 14.6 Å². The Bertz CT molecular complexity index is 286. The Hall–Kier alpha value is -1.13. The van der Waals surface area contributed by atoms with Gasteiger partial charge in [-0.25, -0.2) is 0 Å². The van der Waals surface area contributed by atoms with Gasteiger partial charge in [-0.1, -0.05) is 0 Å². The van der Waals surface area contributed by atoms with Crippen molar-refractivity contribution in [2.75, 3.05) is 13.2 Å². The fourth-order valence-electron chi connectivity index (χ4n) is 1.11. The summed E-state index contributed by atoms with van der Waals surface area (Å²) in [7, 11) is 0. The molecule has 0 saturated carbocycles. The van der Waals surface area contributed by atoms with Crippen LogP contribution >= 0.6 is 0 Å². The lowest BCUT2D eigenvalue weighted by Gasteiger charge is -2.27. The molecule has 0 unspecified atom stereocenters. The van der Waals surface area contributed by atoms with Gasteiger partial charge >= 0.3 is 0 Å². The zero-order valence-corrected chi connectivity index (χ0v) is 7.14. The third-order valence-electron chi connectivity index (χ3n) is 1.94. The Morgan fingerprint density at radius 1 is 1.62 bits per heavy atom. The van der Waals surface area contributed by atoms with Gasteiger partial charge in [0.2, 0.25) is 0 Å². The standard InChI is InChI=1S/C9H11NO3/c11-4-7-1-2-10-3-9(7)13-8-5-12-6-8/h1-3,8,11H,4-6H2. The molecule has 0 aromatic carbocycles. The molecule has 1 saturated heterocycles. The summed E-state index contributed by atoms with van der Waals surface area (Å²) in [5, 5.41) is 8.98. The third-order valence-corrected chi connectivity index (χ3v) is 1.94. The topological polar surface area (TPSA) is 51.6 Å². The molecule has 1 N–H and O–H groups in total. The van der Waals surface area contributed by atoms with E-state index in [1.807, 2.05) is 0 Å². The van der Waals surface area contributed by atoms with Crippen molar-refractivity contribution in [1.82, 2.24) is 4.98 Å². The fraction of sp³-hybridized carbons (Fsp3) is 0.444. The highest BCUT2D eigenvalue weighted by atomic mass is 16.6. The van der Waals surface area contributed by atoms with Crippen LogP contribution in [0.5, 0.6) is 5.75 Å². The summed E-state index contributed by atoms with van der Waals surface area (Å²) in [6, 6.07) is 1.74. The van der Waals surface area contributed by atoms with Crippen molar-refractivity contribution in [2.45, 2.75) is 12.7 Å². The van der Waals surface area contributed by atoms with Crippen molar-refractivity contribution in [1.29, 1.82) is 0 Å². The van der Waals surface area contributed by atoms with Gasteiger partial charge in [-0.05, 0) is 6.07 Å². The highest BCUT2D eigenvalue weighted by Crippen LogP contribution is 2.19. The van der Waals surface area contributed by atoms with E-state index >= 15 is 0 Å². The summed E-state index contributed by atoms with van der Waals surface area (Å²) in [4.78, 5) is 3.93. The highest BCUT2D eigenvalue weighted by molar-refractivity contribution is 5.29. The predicted octanol–water partition coefficient (Wildman–Crippen LogP) is 0.351. The molecule has 2 rings (SSSR count). The first-order valence-corrected chi connectivity index (χ1v) is 4.18. The van der Waals surface area contributed by atoms with Crippen LogP contribution in [-0.4, -0.2) is 29.4 Å². The van der Waals surface area contributed by atoms with Gasteiger partial charge < -0.3 is 14.6 Å². The van der Waals surface area contributed by atoms with E-state index in [0.29, 0.717) is 19.0 Å². The molecule has 0 spiro atoms. The van der Waals surface area contributed by atoms with E-state index in [1.165, 1.54) is 0 Å². The van der Waals surface area contributed by atoms with E-state index in [4.69, 9.17) is 14.6 Å². The monoisotopic (exact) mass is 181 g/mol. The normalized spacial score (nSPS) is 16.7. The van der Waals surface area contributed by atoms with Gasteiger partial charge in [0, 0.05) is 11.8 Å². The average molecular weight is 181 g/mol. The summed E-state index contributed by atoms with van der Waals surface area (Å²) in [5.74, 6) is 0.651. The second-order valence-corrected chi connectivity index (χ2v) is 2.92. The molecule has 0 atom stereocenters. The van der Waals surface area contributed by atoms with Gasteiger partial charge in [0.1, 0.15) is 11.9 Å². The first kappa shape index (κ1) is 8.47. The molecule has 4 nitrogen and oxygen atoms in total. The Balaban J connectivity index is 2.08. The maximum Gasteiger partial charge on any atom is 0.145 e. The van der Waals surface area contributed by atoms with Crippen molar-refractivity contribution in [3.8, 4) is 5.75 Å². The number of ether oxygens (including phenoxy) is 2. The van der Waals surface area contributed by atoms with Crippen molar-refractivity contribution >= 4 is 0 Å². The Labute approximate surface area is 76.1 Å². The Kier molecular flexibility index (Phi) is 2.42. The van der Waals surface area contributed by atoms with Crippen LogP contribution in [0.3, 0.4) is 0 Å². The molecule has 1 aliphatic heterocycles. The van der Waals surface area contributed by atoms with E-state index in [9.17, 15) is 0 Å². The number of aliphatic hydroxyl groups is 1. The molecule has 1 aliphatic rings. The zero-order valence-electron chi connectivity index (χ0n) is 7.14. The largest absolute Gasteiger partial charge is 0.484 e. The van der Waals surface area contributed by atoms with Gasteiger partial charge in [0.05, 0.1) is 26.0 Å². The van der Waals surface area contributed by atoms with Crippen LogP contribution in [0.4, 0.5) is 0 Å². The van der Waals surface area contributed by atoms with Gasteiger partial charge in [0.15, 0.2) is 0 Å². The van der Waals surface area contributed by atoms with Crippen LogP contribution < -0.4 is 4.74 Å². The van der Waals surface area contributed by atoms with Gasteiger partial charge in [-0.2, -0.15) is 0 Å². The molecule has 0 aliphatic carbocycles. The lowest BCUT2D eigenvalue weighted by molar-refractivity contribution is -0.0803. The molecule has 1 fully saturated rings. The Morgan fingerprint density at radius 3 is 3.08 bits per heavy atom. The smallest absolute Gasteiger partial charge is 0.145 e. The van der Waals surface area contributed by atoms with Crippen LogP contribution in [0.25, 0.3) is 0 Å². The number of rotatable bonds is 3. The maximum atomic E-state index is 8.98. The van der Waals surface area contributed by atoms with Gasteiger partial charge in [0.25, 0.3) is 0 Å². The molecule has 1 aromatic rings. The van der Waals surface area contributed by atoms with Gasteiger partial charge in [-0.3, -0.25) is 4.98 Å². The summed E-state index contributed by atoms with van der Waals surface area (Å²) < 4.78 is 10.5. The first-order chi connectivity index (χ1) is 6.40. The summed E-state index contributed by atoms with van der Waals surface area (Å²) >= 11 is 0. The van der Waals surface area contributed by atoms with E-state index in [-0.39, 0.29) is 12.7 Å². The molecule has 0 bridgehead atoms. The summed E-state index contributed by atoms with van der Waals surface area (Å²) in [5.41, 5.74) is 0.766. The molecule has 4 heteroatoms. The van der Waals surface area contributed by atoms with Gasteiger partial charge in [-0.15, -0.1) is 0 Å². The van der Waals surface area contributed by atoms with E-state index in [2.05, 4.69) is 4.98 Å². The zero-order chi connectivity index (χ0) is 9.10. The highest BCUT2D eigenvalue weighted by Gasteiger charge is 2.21. The number of aliphatic hydroxyl groups excluding tert-OH is 1. The third kappa shape index (κ3) is 1.79. The lowest BCUT2D eigenvalue weighted by Crippen LogP contribution is -2.38. The molecular weight excluding hydrogens is 170 g/mol. The molecular formula is C9H11NO3. The first-order valence-electron chi connectivity index (χ1n) is 4.18. The average Bonchev–Trinajstić information content (AvgIpc) is 2.12. The van der Waals surface area contributed by atoms with Crippen LogP contribution in [-0.2, 0) is 11.3 Å². The number of hydrogen-bond donors (Lipinski definition) is 1. The SMILES string of the molecule is OCc1ccncc1OC1COC1. The predicted molar refractivity (Wildman–Crippen MR) is 45.4 cm³/mol. The quantitative estimate of drug-likeness (QED) is 0.731. The number of nitrogens with zero attached hydrogens (tertiary/aromatic N) is 1. The van der Waals surface area contributed by atoms with Crippen molar-refractivity contribution in [3.05, 3.63) is 24.0 Å². The molecule has 70 valence electrons. The minimum absolute atomic E-state index is 0.0224. The fourth-order valence-corrected chi connectivity index (χ4v) is 1.11. The van der Waals surface area contributed by atoms with Crippen molar-refractivity contribution in [2.24, 2.45) is 0 Å². The van der Waals surface area contributed by atoms with E-state index in [1.54, 1.807) is 18.5 Å². The minimum Gasteiger partial charge on any atom is -0.484 e. The summed E-state index contributed by atoms with van der Waals surface area (Å²) in [6.45, 7) is 1.23. The molecule has 0 radical (unpaired) electrons. The molecule has 0 amide bonds. The Morgan fingerprint density at radius 2 is 2.46 bits per heavy atom. The number of pyridine rings is 1. The van der Waals surface area contributed by atoms with E-state index in [0.717, 1.165) is 5.56 Å². The number of aromatic nitrogens is 1. The molecule has 1 aromatic heterocycles. The van der Waals surface area contributed by atoms with E-state index < -0.39 is 0 Å². The second-order valence-electron chi connectivity index (χ2n) is 2.92. The van der Waals surface area contributed by atoms with Crippen LogP contribution in [0.15, 0.2) is 18.5 Å². The second kappa shape index (κ2) is 3.72. The molecule has 13 heavy (non-hydrogen) atoms. The lowest BCUT2D eigenvalue weighted by atomic mass is 10.2. The van der Waals surface area contributed by atoms with Crippen LogP contribution in [0.2, 0.25) is 0 Å². The van der Waals surface area contributed by atoms with Crippen LogP contribution in [0, 0.1) is 0 Å². The minimum atomic E-state index is -0.0224. The maximum absolute atomic E-state index is 8.98. The molecule has 2 heterocycles.